The van der Waals surface area contributed by atoms with Crippen LogP contribution in [0.15, 0.2) is 24.3 Å². The van der Waals surface area contributed by atoms with Gasteiger partial charge in [-0.05, 0) is 50.8 Å². The van der Waals surface area contributed by atoms with Gasteiger partial charge >= 0.3 is 0 Å². The molecule has 1 aromatic rings. The third-order valence-corrected chi connectivity index (χ3v) is 4.05. The number of hydrogen-bond acceptors (Lipinski definition) is 2. The molecule has 1 aromatic carbocycles. The van der Waals surface area contributed by atoms with E-state index in [1.54, 1.807) is 0 Å². The summed E-state index contributed by atoms with van der Waals surface area (Å²) in [5.41, 5.74) is 2.61. The molecule has 2 unspecified atom stereocenters. The van der Waals surface area contributed by atoms with Crippen LogP contribution in [0.1, 0.15) is 43.7 Å². The van der Waals surface area contributed by atoms with Crippen molar-refractivity contribution in [2.45, 2.75) is 58.0 Å². The summed E-state index contributed by atoms with van der Waals surface area (Å²) in [6.07, 6.45) is 5.42. The topological polar surface area (TPSA) is 41.1 Å². The van der Waals surface area contributed by atoms with Gasteiger partial charge in [-0.25, -0.2) is 0 Å². The van der Waals surface area contributed by atoms with Crippen molar-refractivity contribution in [3.05, 3.63) is 35.4 Å². The Morgan fingerprint density at radius 2 is 2.15 bits per heavy atom. The molecule has 20 heavy (non-hydrogen) atoms. The first-order chi connectivity index (χ1) is 9.66. The summed E-state index contributed by atoms with van der Waals surface area (Å²) in [5.74, 6) is 0.160. The van der Waals surface area contributed by atoms with Gasteiger partial charge < -0.3 is 10.6 Å². The van der Waals surface area contributed by atoms with Gasteiger partial charge in [0, 0.05) is 6.04 Å². The third-order valence-electron chi connectivity index (χ3n) is 4.05. The molecule has 3 nitrogen and oxygen atoms in total. The fourth-order valence-electron chi connectivity index (χ4n) is 2.82. The van der Waals surface area contributed by atoms with Gasteiger partial charge in [-0.2, -0.15) is 0 Å². The van der Waals surface area contributed by atoms with Gasteiger partial charge in [-0.15, -0.1) is 0 Å². The van der Waals surface area contributed by atoms with Gasteiger partial charge in [0.15, 0.2) is 0 Å². The Morgan fingerprint density at radius 3 is 2.95 bits per heavy atom. The molecular weight excluding hydrogens is 248 g/mol. The van der Waals surface area contributed by atoms with Gasteiger partial charge in [0.1, 0.15) is 0 Å². The molecule has 0 spiro atoms. The van der Waals surface area contributed by atoms with E-state index in [0.29, 0.717) is 0 Å². The molecule has 0 radical (unpaired) electrons. The van der Waals surface area contributed by atoms with Crippen molar-refractivity contribution >= 4 is 5.91 Å². The Hall–Kier alpha value is -1.35. The largest absolute Gasteiger partial charge is 0.352 e. The number of hydrogen-bond donors (Lipinski definition) is 2. The maximum Gasteiger partial charge on any atom is 0.237 e. The normalized spacial score (nSPS) is 21.0. The van der Waals surface area contributed by atoms with Crippen LogP contribution in [0.3, 0.4) is 0 Å². The molecule has 1 aliphatic rings. The van der Waals surface area contributed by atoms with Crippen LogP contribution in [0.5, 0.6) is 0 Å². The lowest BCUT2D eigenvalue weighted by molar-refractivity contribution is -0.123. The maximum atomic E-state index is 12.3. The molecule has 110 valence electrons. The molecule has 0 bridgehead atoms. The lowest BCUT2D eigenvalue weighted by atomic mass is 10.0. The minimum absolute atomic E-state index is 0.00294. The molecule has 0 aromatic heterocycles. The van der Waals surface area contributed by atoms with Crippen LogP contribution >= 0.6 is 0 Å². The second-order valence-electron chi connectivity index (χ2n) is 5.90. The van der Waals surface area contributed by atoms with Crippen molar-refractivity contribution in [1.82, 2.24) is 10.6 Å². The predicted octanol–water partition coefficient (Wildman–Crippen LogP) is 2.57. The highest BCUT2D eigenvalue weighted by atomic mass is 16.2. The van der Waals surface area contributed by atoms with Crippen LogP contribution in [0.4, 0.5) is 0 Å². The predicted molar refractivity (Wildman–Crippen MR) is 82.7 cm³/mol. The van der Waals surface area contributed by atoms with Gasteiger partial charge in [0.2, 0.25) is 5.91 Å². The SMILES string of the molecule is Cc1ccccc1CC(C)NC(=O)C1CCCCCN1. The number of amides is 1. The van der Waals surface area contributed by atoms with E-state index in [0.717, 1.165) is 25.8 Å². The molecule has 0 aliphatic carbocycles. The Balaban J connectivity index is 1.85. The summed E-state index contributed by atoms with van der Waals surface area (Å²) in [6, 6.07) is 8.55. The van der Waals surface area contributed by atoms with Crippen molar-refractivity contribution in [1.29, 1.82) is 0 Å². The van der Waals surface area contributed by atoms with E-state index in [1.807, 2.05) is 0 Å². The minimum atomic E-state index is -0.00294. The van der Waals surface area contributed by atoms with Crippen LogP contribution in [0.2, 0.25) is 0 Å². The van der Waals surface area contributed by atoms with Crippen LogP contribution in [-0.2, 0) is 11.2 Å². The van der Waals surface area contributed by atoms with E-state index in [-0.39, 0.29) is 18.0 Å². The van der Waals surface area contributed by atoms with Crippen molar-refractivity contribution in [2.75, 3.05) is 6.54 Å². The number of rotatable bonds is 4. The average molecular weight is 274 g/mol. The molecule has 0 saturated carbocycles. The van der Waals surface area contributed by atoms with E-state index in [4.69, 9.17) is 0 Å². The smallest absolute Gasteiger partial charge is 0.237 e. The van der Waals surface area contributed by atoms with E-state index >= 15 is 0 Å². The molecule has 2 atom stereocenters. The van der Waals surface area contributed by atoms with Crippen molar-refractivity contribution in [3.63, 3.8) is 0 Å². The van der Waals surface area contributed by atoms with Crippen LogP contribution < -0.4 is 10.6 Å². The maximum absolute atomic E-state index is 12.3. The first kappa shape index (κ1) is 15.0. The number of carbonyl (C=O) groups excluding carboxylic acids is 1. The van der Waals surface area contributed by atoms with E-state index in [9.17, 15) is 4.79 Å². The molecule has 1 heterocycles. The second kappa shape index (κ2) is 7.44. The highest BCUT2D eigenvalue weighted by Crippen LogP contribution is 2.11. The van der Waals surface area contributed by atoms with Crippen molar-refractivity contribution in [2.24, 2.45) is 0 Å². The van der Waals surface area contributed by atoms with E-state index < -0.39 is 0 Å². The first-order valence-corrected chi connectivity index (χ1v) is 7.75. The lowest BCUT2D eigenvalue weighted by Gasteiger charge is -2.20. The van der Waals surface area contributed by atoms with Gasteiger partial charge in [0.25, 0.3) is 0 Å². The van der Waals surface area contributed by atoms with Crippen molar-refractivity contribution in [3.8, 4) is 0 Å². The Kier molecular flexibility index (Phi) is 5.60. The zero-order valence-electron chi connectivity index (χ0n) is 12.6. The summed E-state index contributed by atoms with van der Waals surface area (Å²) in [7, 11) is 0. The fraction of sp³-hybridized carbons (Fsp3) is 0.588. The number of carbonyl (C=O) groups is 1. The summed E-state index contributed by atoms with van der Waals surface area (Å²) in [5, 5.41) is 6.50. The monoisotopic (exact) mass is 274 g/mol. The van der Waals surface area contributed by atoms with Crippen molar-refractivity contribution < 1.29 is 4.79 Å². The highest BCUT2D eigenvalue weighted by Gasteiger charge is 2.20. The molecule has 2 rings (SSSR count). The molecule has 1 aliphatic heterocycles. The van der Waals surface area contributed by atoms with E-state index in [2.05, 4.69) is 48.7 Å². The highest BCUT2D eigenvalue weighted by molar-refractivity contribution is 5.82. The average Bonchev–Trinajstić information content (AvgIpc) is 2.70. The lowest BCUT2D eigenvalue weighted by Crippen LogP contribution is -2.47. The van der Waals surface area contributed by atoms with Crippen LogP contribution in [-0.4, -0.2) is 24.5 Å². The molecule has 3 heteroatoms. The standard InChI is InChI=1S/C17H26N2O/c1-13-8-5-6-9-15(13)12-14(2)19-17(20)16-10-4-3-7-11-18-16/h5-6,8-9,14,16,18H,3-4,7,10-12H2,1-2H3,(H,19,20). The summed E-state index contributed by atoms with van der Waals surface area (Å²) < 4.78 is 0. The summed E-state index contributed by atoms with van der Waals surface area (Å²) in [6.45, 7) is 5.17. The number of aryl methyl sites for hydroxylation is 1. The summed E-state index contributed by atoms with van der Waals surface area (Å²) >= 11 is 0. The van der Waals surface area contributed by atoms with Gasteiger partial charge in [-0.1, -0.05) is 37.1 Å². The Bertz CT molecular complexity index is 436. The Morgan fingerprint density at radius 1 is 1.35 bits per heavy atom. The molecule has 2 N–H and O–H groups in total. The fourth-order valence-corrected chi connectivity index (χ4v) is 2.82. The first-order valence-electron chi connectivity index (χ1n) is 7.75. The zero-order chi connectivity index (χ0) is 14.4. The Labute approximate surface area is 122 Å². The number of nitrogens with one attached hydrogen (secondary N) is 2. The third kappa shape index (κ3) is 4.34. The molecule has 1 fully saturated rings. The molecular formula is C17H26N2O. The molecule has 1 saturated heterocycles. The minimum Gasteiger partial charge on any atom is -0.352 e. The van der Waals surface area contributed by atoms with Gasteiger partial charge in [-0.3, -0.25) is 4.79 Å². The van der Waals surface area contributed by atoms with Gasteiger partial charge in [0.05, 0.1) is 6.04 Å². The van der Waals surface area contributed by atoms with Crippen LogP contribution in [0.25, 0.3) is 0 Å². The zero-order valence-corrected chi connectivity index (χ0v) is 12.6. The molecule has 1 amide bonds. The second-order valence-corrected chi connectivity index (χ2v) is 5.90. The van der Waals surface area contributed by atoms with E-state index in [1.165, 1.54) is 24.0 Å². The van der Waals surface area contributed by atoms with Crippen LogP contribution in [0, 0.1) is 6.92 Å². The quantitative estimate of drug-likeness (QED) is 0.886. The summed E-state index contributed by atoms with van der Waals surface area (Å²) in [4.78, 5) is 12.3. The number of benzene rings is 1.